The van der Waals surface area contributed by atoms with E-state index in [1.54, 1.807) is 18.0 Å². The third-order valence-electron chi connectivity index (χ3n) is 4.23. The first-order valence-corrected chi connectivity index (χ1v) is 8.91. The molecule has 5 atom stereocenters. The first kappa shape index (κ1) is 16.9. The molecule has 11 heteroatoms. The maximum Gasteiger partial charge on any atom is 0.272 e. The Labute approximate surface area is 147 Å². The van der Waals surface area contributed by atoms with E-state index in [-0.39, 0.29) is 18.3 Å². The van der Waals surface area contributed by atoms with Crippen LogP contribution in [0, 0.1) is 0 Å². The lowest BCUT2D eigenvalue weighted by atomic mass is 10.1. The molecule has 2 aromatic rings. The van der Waals surface area contributed by atoms with Crippen LogP contribution in [0.2, 0.25) is 0 Å². The number of hydrogen-bond acceptors (Lipinski definition) is 10. The highest BCUT2D eigenvalue weighted by atomic mass is 32.2. The van der Waals surface area contributed by atoms with Crippen LogP contribution in [0.4, 0.5) is 5.82 Å². The number of ether oxygens (including phenoxy) is 5. The quantitative estimate of drug-likeness (QED) is 0.586. The number of methoxy groups -OCH3 is 2. The predicted molar refractivity (Wildman–Crippen MR) is 87.8 cm³/mol. The molecule has 0 aromatic carbocycles. The standard InChI is InChI=1S/C14H19N5O5S/c1-20-4-6-8-9(24-14(21-2)23-8)12(22-6)19-5-16-7-10(15)17-13(25-3)18-11(7)19/h5-6,8-9,12,14H,4H2,1-3H3,(H2,15,17,18)/t6-,8?,9+,12-,14?/m1/s1. The van der Waals surface area contributed by atoms with E-state index < -0.39 is 12.7 Å². The largest absolute Gasteiger partial charge is 0.382 e. The summed E-state index contributed by atoms with van der Waals surface area (Å²) in [6, 6.07) is 0. The normalized spacial score (nSPS) is 31.7. The molecule has 0 bridgehead atoms. The SMILES string of the molecule is COC[C@H]1O[C@@H](n2cnc3c(N)nc(SC)nc32)[C@H]2OC(OC)OC12. The molecule has 2 unspecified atom stereocenters. The van der Waals surface area contributed by atoms with Crippen LogP contribution < -0.4 is 5.73 Å². The van der Waals surface area contributed by atoms with Gasteiger partial charge >= 0.3 is 0 Å². The molecule has 0 saturated carbocycles. The van der Waals surface area contributed by atoms with Crippen LogP contribution >= 0.6 is 11.8 Å². The summed E-state index contributed by atoms with van der Waals surface area (Å²) in [6.45, 7) is -0.367. The van der Waals surface area contributed by atoms with Crippen molar-refractivity contribution in [1.29, 1.82) is 0 Å². The second kappa shape index (κ2) is 6.67. The molecule has 2 fully saturated rings. The number of fused-ring (bicyclic) bond motifs is 2. The summed E-state index contributed by atoms with van der Waals surface area (Å²) in [5.74, 6) is 0.328. The first-order valence-electron chi connectivity index (χ1n) is 7.68. The zero-order chi connectivity index (χ0) is 17.6. The van der Waals surface area contributed by atoms with Crippen molar-refractivity contribution >= 4 is 28.7 Å². The third-order valence-corrected chi connectivity index (χ3v) is 4.78. The van der Waals surface area contributed by atoms with Crippen LogP contribution in [0.15, 0.2) is 11.5 Å². The van der Waals surface area contributed by atoms with Crippen LogP contribution in [0.25, 0.3) is 11.2 Å². The second-order valence-electron chi connectivity index (χ2n) is 5.67. The van der Waals surface area contributed by atoms with Crippen molar-refractivity contribution in [2.45, 2.75) is 36.2 Å². The Morgan fingerprint density at radius 2 is 2.04 bits per heavy atom. The number of nitrogens with two attached hydrogens (primary N) is 1. The average molecular weight is 369 g/mol. The van der Waals surface area contributed by atoms with Gasteiger partial charge in [-0.3, -0.25) is 4.57 Å². The van der Waals surface area contributed by atoms with Gasteiger partial charge in [-0.15, -0.1) is 0 Å². The van der Waals surface area contributed by atoms with Crippen molar-refractivity contribution in [3.05, 3.63) is 6.33 Å². The summed E-state index contributed by atoms with van der Waals surface area (Å²) < 4.78 is 29.9. The van der Waals surface area contributed by atoms with E-state index in [9.17, 15) is 0 Å². The van der Waals surface area contributed by atoms with Crippen LogP contribution in [0.1, 0.15) is 6.23 Å². The summed E-state index contributed by atoms with van der Waals surface area (Å²) in [7, 11) is 3.14. The van der Waals surface area contributed by atoms with Gasteiger partial charge in [-0.1, -0.05) is 11.8 Å². The minimum absolute atomic E-state index is 0.295. The molecular weight excluding hydrogens is 350 g/mol. The van der Waals surface area contributed by atoms with Crippen LogP contribution in [0.3, 0.4) is 0 Å². The van der Waals surface area contributed by atoms with Crippen LogP contribution in [-0.4, -0.2) is 71.4 Å². The maximum atomic E-state index is 6.11. The molecule has 136 valence electrons. The molecule has 25 heavy (non-hydrogen) atoms. The van der Waals surface area contributed by atoms with Gasteiger partial charge in [0.05, 0.1) is 12.9 Å². The fourth-order valence-corrected chi connectivity index (χ4v) is 3.50. The Morgan fingerprint density at radius 3 is 2.76 bits per heavy atom. The molecule has 2 aliphatic heterocycles. The van der Waals surface area contributed by atoms with Gasteiger partial charge in [-0.05, 0) is 6.26 Å². The minimum Gasteiger partial charge on any atom is -0.382 e. The van der Waals surface area contributed by atoms with E-state index in [2.05, 4.69) is 15.0 Å². The summed E-state index contributed by atoms with van der Waals surface area (Å²) in [4.78, 5) is 13.1. The smallest absolute Gasteiger partial charge is 0.272 e. The number of anilines is 1. The Bertz CT molecular complexity index is 773. The maximum absolute atomic E-state index is 6.11. The second-order valence-corrected chi connectivity index (χ2v) is 6.44. The molecule has 4 heterocycles. The summed E-state index contributed by atoms with van der Waals surface area (Å²) >= 11 is 1.40. The van der Waals surface area contributed by atoms with Gasteiger partial charge in [0, 0.05) is 14.2 Å². The molecule has 2 aliphatic rings. The van der Waals surface area contributed by atoms with E-state index in [1.807, 2.05) is 6.26 Å². The fourth-order valence-electron chi connectivity index (χ4n) is 3.13. The monoisotopic (exact) mass is 369 g/mol. The van der Waals surface area contributed by atoms with Gasteiger partial charge in [0.15, 0.2) is 22.8 Å². The first-order chi connectivity index (χ1) is 12.2. The number of imidazole rings is 1. The third kappa shape index (κ3) is 2.76. The molecule has 4 rings (SSSR count). The average Bonchev–Trinajstić information content (AvgIpc) is 3.29. The highest BCUT2D eigenvalue weighted by Gasteiger charge is 2.54. The minimum atomic E-state index is -0.739. The number of hydrogen-bond donors (Lipinski definition) is 1. The molecule has 2 saturated heterocycles. The van der Waals surface area contributed by atoms with Crippen molar-refractivity contribution in [2.24, 2.45) is 0 Å². The fraction of sp³-hybridized carbons (Fsp3) is 0.643. The molecule has 0 aliphatic carbocycles. The van der Waals surface area contributed by atoms with E-state index in [1.165, 1.54) is 18.9 Å². The topological polar surface area (TPSA) is 116 Å². The number of thioether (sulfide) groups is 1. The number of nitrogen functional groups attached to an aromatic ring is 1. The predicted octanol–water partition coefficient (Wildman–Crippen LogP) is 0.388. The molecule has 2 aromatic heterocycles. The molecule has 2 N–H and O–H groups in total. The van der Waals surface area contributed by atoms with E-state index in [0.29, 0.717) is 28.7 Å². The van der Waals surface area contributed by atoms with Crippen molar-refractivity contribution in [2.75, 3.05) is 32.8 Å². The van der Waals surface area contributed by atoms with Crippen LogP contribution in [-0.2, 0) is 23.7 Å². The van der Waals surface area contributed by atoms with E-state index in [4.69, 9.17) is 29.4 Å². The van der Waals surface area contributed by atoms with Crippen molar-refractivity contribution in [1.82, 2.24) is 19.5 Å². The van der Waals surface area contributed by atoms with Gasteiger partial charge in [0.25, 0.3) is 6.48 Å². The lowest BCUT2D eigenvalue weighted by Crippen LogP contribution is -2.31. The van der Waals surface area contributed by atoms with Crippen molar-refractivity contribution in [3.8, 4) is 0 Å². The lowest BCUT2D eigenvalue weighted by Gasteiger charge is -2.20. The molecule has 10 nitrogen and oxygen atoms in total. The summed E-state index contributed by atoms with van der Waals surface area (Å²) in [6.07, 6.45) is 2.04. The van der Waals surface area contributed by atoms with E-state index in [0.717, 1.165) is 0 Å². The van der Waals surface area contributed by atoms with Gasteiger partial charge in [0.2, 0.25) is 0 Å². The molecule has 0 spiro atoms. The van der Waals surface area contributed by atoms with Gasteiger partial charge in [0.1, 0.15) is 23.8 Å². The molecule has 0 amide bonds. The number of nitrogens with zero attached hydrogens (tertiary/aromatic N) is 4. The van der Waals surface area contributed by atoms with Crippen molar-refractivity contribution < 1.29 is 23.7 Å². The van der Waals surface area contributed by atoms with E-state index >= 15 is 0 Å². The number of aromatic nitrogens is 4. The summed E-state index contributed by atoms with van der Waals surface area (Å²) in [5, 5.41) is 0.563. The van der Waals surface area contributed by atoms with Gasteiger partial charge < -0.3 is 29.4 Å². The lowest BCUT2D eigenvalue weighted by molar-refractivity contribution is -0.257. The zero-order valence-electron chi connectivity index (χ0n) is 14.0. The zero-order valence-corrected chi connectivity index (χ0v) is 14.8. The Morgan fingerprint density at radius 1 is 1.24 bits per heavy atom. The Balaban J connectivity index is 1.73. The highest BCUT2D eigenvalue weighted by Crippen LogP contribution is 2.40. The highest BCUT2D eigenvalue weighted by molar-refractivity contribution is 7.98. The van der Waals surface area contributed by atoms with Gasteiger partial charge in [-0.2, -0.15) is 0 Å². The Hall–Kier alpha value is -1.50. The van der Waals surface area contributed by atoms with Crippen LogP contribution in [0.5, 0.6) is 0 Å². The molecular formula is C14H19N5O5S. The number of rotatable bonds is 5. The Kier molecular flexibility index (Phi) is 4.52. The summed E-state index contributed by atoms with van der Waals surface area (Å²) in [5.41, 5.74) is 7.10. The van der Waals surface area contributed by atoms with Crippen molar-refractivity contribution in [3.63, 3.8) is 0 Å². The van der Waals surface area contributed by atoms with Gasteiger partial charge in [-0.25, -0.2) is 15.0 Å². The molecule has 0 radical (unpaired) electrons.